The van der Waals surface area contributed by atoms with Gasteiger partial charge in [0.25, 0.3) is 0 Å². The van der Waals surface area contributed by atoms with Gasteiger partial charge in [0.05, 0.1) is 7.11 Å². The Kier molecular flexibility index (Phi) is 5.50. The molecule has 0 aliphatic heterocycles. The molecule has 0 amide bonds. The highest BCUT2D eigenvalue weighted by Crippen LogP contribution is 2.32. The third-order valence-corrected chi connectivity index (χ3v) is 4.05. The molecule has 1 N–H and O–H groups in total. The Morgan fingerprint density at radius 2 is 1.90 bits per heavy atom. The predicted molar refractivity (Wildman–Crippen MR) is 85.5 cm³/mol. The molecule has 0 aliphatic carbocycles. The van der Waals surface area contributed by atoms with Gasteiger partial charge in [-0.3, -0.25) is 0 Å². The topological polar surface area (TPSA) is 21.3 Å². The lowest BCUT2D eigenvalue weighted by molar-refractivity contribution is 0.413. The largest absolute Gasteiger partial charge is 0.497 e. The van der Waals surface area contributed by atoms with Crippen LogP contribution in [0.25, 0.3) is 0 Å². The van der Waals surface area contributed by atoms with Gasteiger partial charge in [-0.25, -0.2) is 0 Å². The first-order valence-electron chi connectivity index (χ1n) is 6.82. The minimum absolute atomic E-state index is 0.491. The summed E-state index contributed by atoms with van der Waals surface area (Å²) >= 11 is 1.78. The fourth-order valence-corrected chi connectivity index (χ4v) is 2.85. The number of hydrogen-bond acceptors (Lipinski definition) is 3. The maximum Gasteiger partial charge on any atom is 0.119 e. The van der Waals surface area contributed by atoms with Crippen molar-refractivity contribution < 1.29 is 4.74 Å². The summed E-state index contributed by atoms with van der Waals surface area (Å²) in [5.41, 5.74) is 1.33. The Morgan fingerprint density at radius 3 is 2.65 bits per heavy atom. The van der Waals surface area contributed by atoms with Crippen molar-refractivity contribution in [3.63, 3.8) is 0 Å². The third kappa shape index (κ3) is 4.29. The van der Waals surface area contributed by atoms with E-state index >= 15 is 0 Å². The monoisotopic (exact) mass is 287 g/mol. The first-order chi connectivity index (χ1) is 9.69. The maximum atomic E-state index is 5.28. The van der Waals surface area contributed by atoms with Crippen LogP contribution < -0.4 is 10.1 Å². The minimum atomic E-state index is 0.491. The molecule has 3 heteroatoms. The number of nitrogens with one attached hydrogen (secondary N) is 1. The van der Waals surface area contributed by atoms with E-state index in [2.05, 4.69) is 55.6 Å². The zero-order valence-electron chi connectivity index (χ0n) is 12.2. The Balaban J connectivity index is 2.15. The minimum Gasteiger partial charge on any atom is -0.497 e. The second-order valence-electron chi connectivity index (χ2n) is 4.92. The molecule has 20 heavy (non-hydrogen) atoms. The van der Waals surface area contributed by atoms with Gasteiger partial charge in [0.2, 0.25) is 0 Å². The van der Waals surface area contributed by atoms with Crippen molar-refractivity contribution in [3.05, 3.63) is 54.1 Å². The lowest BCUT2D eigenvalue weighted by Gasteiger charge is -2.12. The van der Waals surface area contributed by atoms with Crippen LogP contribution in [0.1, 0.15) is 19.4 Å². The van der Waals surface area contributed by atoms with Gasteiger partial charge in [-0.05, 0) is 29.8 Å². The number of benzene rings is 2. The highest BCUT2D eigenvalue weighted by atomic mass is 32.2. The fraction of sp³-hybridized carbons (Fsp3) is 0.294. The molecule has 0 heterocycles. The summed E-state index contributed by atoms with van der Waals surface area (Å²) < 4.78 is 5.28. The highest BCUT2D eigenvalue weighted by Gasteiger charge is 2.05. The average Bonchev–Trinajstić information content (AvgIpc) is 2.46. The van der Waals surface area contributed by atoms with Gasteiger partial charge < -0.3 is 10.1 Å². The van der Waals surface area contributed by atoms with Crippen molar-refractivity contribution >= 4 is 11.8 Å². The van der Waals surface area contributed by atoms with Crippen LogP contribution in [0.15, 0.2) is 58.3 Å². The van der Waals surface area contributed by atoms with Crippen LogP contribution in [-0.4, -0.2) is 13.2 Å². The van der Waals surface area contributed by atoms with Gasteiger partial charge in [0.15, 0.2) is 0 Å². The van der Waals surface area contributed by atoms with E-state index in [1.807, 2.05) is 12.1 Å². The van der Waals surface area contributed by atoms with E-state index in [0.29, 0.717) is 6.04 Å². The summed E-state index contributed by atoms with van der Waals surface area (Å²) in [5.74, 6) is 0.896. The van der Waals surface area contributed by atoms with Crippen LogP contribution in [0.2, 0.25) is 0 Å². The second-order valence-corrected chi connectivity index (χ2v) is 6.04. The lowest BCUT2D eigenvalue weighted by Crippen LogP contribution is -2.22. The molecule has 0 spiro atoms. The Labute approximate surface area is 125 Å². The molecule has 0 aliphatic rings. The summed E-state index contributed by atoms with van der Waals surface area (Å²) in [6, 6.07) is 17.2. The summed E-state index contributed by atoms with van der Waals surface area (Å²) in [7, 11) is 1.70. The second kappa shape index (κ2) is 7.36. The standard InChI is InChI=1S/C17H21NOS/c1-13(2)18-12-14-7-4-5-10-17(14)20-16-9-6-8-15(11-16)19-3/h4-11,13,18H,12H2,1-3H3. The fourth-order valence-electron chi connectivity index (χ4n) is 1.86. The molecular formula is C17H21NOS. The van der Waals surface area contributed by atoms with E-state index in [9.17, 15) is 0 Å². The predicted octanol–water partition coefficient (Wildman–Crippen LogP) is 4.34. The van der Waals surface area contributed by atoms with E-state index in [0.717, 1.165) is 12.3 Å². The average molecular weight is 287 g/mol. The molecule has 2 aromatic rings. The first-order valence-corrected chi connectivity index (χ1v) is 7.64. The first kappa shape index (κ1) is 14.9. The van der Waals surface area contributed by atoms with Crippen molar-refractivity contribution in [2.24, 2.45) is 0 Å². The zero-order valence-corrected chi connectivity index (χ0v) is 13.0. The van der Waals surface area contributed by atoms with Crippen LogP contribution in [0.5, 0.6) is 5.75 Å². The Bertz CT molecular complexity index is 554. The van der Waals surface area contributed by atoms with Crippen molar-refractivity contribution in [1.82, 2.24) is 5.32 Å². The molecular weight excluding hydrogens is 266 g/mol. The smallest absolute Gasteiger partial charge is 0.119 e. The zero-order chi connectivity index (χ0) is 14.4. The van der Waals surface area contributed by atoms with Gasteiger partial charge in [-0.15, -0.1) is 0 Å². The molecule has 0 aromatic heterocycles. The van der Waals surface area contributed by atoms with Crippen molar-refractivity contribution in [1.29, 1.82) is 0 Å². The lowest BCUT2D eigenvalue weighted by atomic mass is 10.2. The number of methoxy groups -OCH3 is 1. The molecule has 0 saturated heterocycles. The summed E-state index contributed by atoms with van der Waals surface area (Å²) in [5, 5.41) is 3.47. The molecule has 0 saturated carbocycles. The van der Waals surface area contributed by atoms with Crippen LogP contribution in [0.4, 0.5) is 0 Å². The van der Waals surface area contributed by atoms with Crippen LogP contribution in [0.3, 0.4) is 0 Å². The molecule has 2 rings (SSSR count). The van der Waals surface area contributed by atoms with Gasteiger partial charge >= 0.3 is 0 Å². The number of hydrogen-bond donors (Lipinski definition) is 1. The molecule has 0 fully saturated rings. The molecule has 0 unspecified atom stereocenters. The molecule has 0 bridgehead atoms. The number of rotatable bonds is 6. The van der Waals surface area contributed by atoms with Crippen LogP contribution in [0, 0.1) is 0 Å². The highest BCUT2D eigenvalue weighted by molar-refractivity contribution is 7.99. The van der Waals surface area contributed by atoms with E-state index < -0.39 is 0 Å². The third-order valence-electron chi connectivity index (χ3n) is 2.94. The van der Waals surface area contributed by atoms with Crippen LogP contribution >= 0.6 is 11.8 Å². The molecule has 0 radical (unpaired) electrons. The molecule has 2 nitrogen and oxygen atoms in total. The van der Waals surface area contributed by atoms with E-state index in [4.69, 9.17) is 4.74 Å². The van der Waals surface area contributed by atoms with Crippen molar-refractivity contribution in [2.45, 2.75) is 36.2 Å². The Morgan fingerprint density at radius 1 is 1.10 bits per heavy atom. The molecule has 106 valence electrons. The van der Waals surface area contributed by atoms with Crippen molar-refractivity contribution in [3.8, 4) is 5.75 Å². The molecule has 0 atom stereocenters. The van der Waals surface area contributed by atoms with Crippen LogP contribution in [-0.2, 0) is 6.54 Å². The van der Waals surface area contributed by atoms with Gasteiger partial charge in [-0.2, -0.15) is 0 Å². The van der Waals surface area contributed by atoms with E-state index in [1.54, 1.807) is 18.9 Å². The quantitative estimate of drug-likeness (QED) is 0.853. The van der Waals surface area contributed by atoms with Gasteiger partial charge in [-0.1, -0.05) is 49.9 Å². The number of ether oxygens (including phenoxy) is 1. The van der Waals surface area contributed by atoms with Gasteiger partial charge in [0, 0.05) is 22.4 Å². The van der Waals surface area contributed by atoms with Gasteiger partial charge in [0.1, 0.15) is 5.75 Å². The normalized spacial score (nSPS) is 10.8. The Hall–Kier alpha value is -1.45. The molecule has 2 aromatic carbocycles. The SMILES string of the molecule is COc1cccc(Sc2ccccc2CNC(C)C)c1. The summed E-state index contributed by atoms with van der Waals surface area (Å²) in [6.07, 6.45) is 0. The van der Waals surface area contributed by atoms with Crippen molar-refractivity contribution in [2.75, 3.05) is 7.11 Å². The summed E-state index contributed by atoms with van der Waals surface area (Å²) in [4.78, 5) is 2.48. The van der Waals surface area contributed by atoms with E-state index in [-0.39, 0.29) is 0 Å². The van der Waals surface area contributed by atoms with E-state index in [1.165, 1.54) is 15.4 Å². The maximum absolute atomic E-state index is 5.28. The summed E-state index contributed by atoms with van der Waals surface area (Å²) in [6.45, 7) is 5.22.